The Kier molecular flexibility index (Phi) is 20.2. The highest BCUT2D eigenvalue weighted by atomic mass is 16.5. The van der Waals surface area contributed by atoms with Gasteiger partial charge >= 0.3 is 23.8 Å². The van der Waals surface area contributed by atoms with E-state index in [1.807, 2.05) is 109 Å². The Labute approximate surface area is 347 Å². The number of Topliss-reactive ketones (excluding diaryl/α,β-unsaturated/α-hetero) is 1. The van der Waals surface area contributed by atoms with E-state index in [-0.39, 0.29) is 31.1 Å². The summed E-state index contributed by atoms with van der Waals surface area (Å²) in [7, 11) is 0. The van der Waals surface area contributed by atoms with Gasteiger partial charge in [-0.2, -0.15) is 0 Å². The standard InChI is InChI=1S/C24H29NO5.C23H28N2O4/c1-4-29-23(27)17(3)15-21(25-22(26)24(28)30-5-2)16-18-11-13-20(14-12-18)19-9-7-6-8-10-19;1-3-29-23(28)16(2)13-20(25-22(27)21(26)15-24)14-17-9-11-19(12-10-17)18-7-5-4-6-8-18/h6-14,17,21H,4-5,15-16H2,1-3H3,(H,25,26);4-12,16,20H,3,13-15,24H2,1-2H3,(H,25,27)/t17-,21+;16-,20+/m11/s1. The molecule has 4 aromatic carbocycles. The molecule has 4 aromatic rings. The number of benzene rings is 4. The van der Waals surface area contributed by atoms with Gasteiger partial charge in [0, 0.05) is 12.1 Å². The van der Waals surface area contributed by atoms with Crippen LogP contribution in [0.2, 0.25) is 0 Å². The predicted octanol–water partition coefficient (Wildman–Crippen LogP) is 6.03. The normalized spacial score (nSPS) is 12.6. The molecule has 0 unspecified atom stereocenters. The van der Waals surface area contributed by atoms with E-state index in [2.05, 4.69) is 10.6 Å². The second kappa shape index (κ2) is 25.3. The van der Waals surface area contributed by atoms with Crippen molar-refractivity contribution in [3.63, 3.8) is 0 Å². The molecule has 0 aliphatic carbocycles. The molecule has 0 spiro atoms. The Hall–Kier alpha value is -6.14. The molecule has 4 N–H and O–H groups in total. The highest BCUT2D eigenvalue weighted by molar-refractivity contribution is 6.37. The third kappa shape index (κ3) is 16.3. The van der Waals surface area contributed by atoms with E-state index in [9.17, 15) is 28.8 Å². The summed E-state index contributed by atoms with van der Waals surface area (Å²) in [6, 6.07) is 35.3. The molecule has 0 fully saturated rings. The number of hydrogen-bond donors (Lipinski definition) is 3. The van der Waals surface area contributed by atoms with Crippen LogP contribution in [-0.2, 0) is 55.8 Å². The molecule has 0 saturated heterocycles. The Morgan fingerprint density at radius 2 is 0.864 bits per heavy atom. The minimum Gasteiger partial charge on any atom is -0.466 e. The SMILES string of the molecule is CCOC(=O)C(=O)N[C@H](Cc1ccc(-c2ccccc2)cc1)C[C@@H](C)C(=O)OCC.CCOC(=O)[C@H](C)C[C@@H](Cc1ccc(-c2ccccc2)cc1)NC(=O)C(=O)CN. The fourth-order valence-corrected chi connectivity index (χ4v) is 6.30. The van der Waals surface area contributed by atoms with Gasteiger partial charge in [0.05, 0.1) is 38.2 Å². The number of nitrogens with two attached hydrogens (primary N) is 1. The lowest BCUT2D eigenvalue weighted by atomic mass is 9.94. The number of hydrogen-bond acceptors (Lipinski definition) is 10. The predicted molar refractivity (Wildman–Crippen MR) is 227 cm³/mol. The number of rotatable bonds is 19. The van der Waals surface area contributed by atoms with Crippen molar-refractivity contribution in [3.05, 3.63) is 120 Å². The molecule has 0 aliphatic rings. The lowest BCUT2D eigenvalue weighted by Crippen LogP contribution is -2.44. The topological polar surface area (TPSA) is 180 Å². The van der Waals surface area contributed by atoms with Crippen LogP contribution in [0.3, 0.4) is 0 Å². The van der Waals surface area contributed by atoms with E-state index in [0.717, 1.165) is 33.4 Å². The summed E-state index contributed by atoms with van der Waals surface area (Å²) in [6.45, 7) is 9.00. The fraction of sp³-hybridized carbons (Fsp3) is 0.362. The fourth-order valence-electron chi connectivity index (χ4n) is 6.30. The van der Waals surface area contributed by atoms with E-state index >= 15 is 0 Å². The third-order valence-corrected chi connectivity index (χ3v) is 9.31. The molecule has 12 heteroatoms. The monoisotopic (exact) mass is 807 g/mol. The van der Waals surface area contributed by atoms with Crippen LogP contribution in [0.15, 0.2) is 109 Å². The van der Waals surface area contributed by atoms with Gasteiger partial charge < -0.3 is 30.6 Å². The average Bonchev–Trinajstić information content (AvgIpc) is 3.24. The summed E-state index contributed by atoms with van der Waals surface area (Å²) >= 11 is 0. The van der Waals surface area contributed by atoms with Crippen molar-refractivity contribution in [1.29, 1.82) is 0 Å². The van der Waals surface area contributed by atoms with Crippen LogP contribution in [0.1, 0.15) is 58.6 Å². The number of ketones is 1. The second-order valence-corrected chi connectivity index (χ2v) is 14.0. The maximum Gasteiger partial charge on any atom is 0.396 e. The van der Waals surface area contributed by atoms with E-state index in [1.165, 1.54) is 0 Å². The summed E-state index contributed by atoms with van der Waals surface area (Å²) in [4.78, 5) is 71.5. The van der Waals surface area contributed by atoms with Crippen molar-refractivity contribution in [2.24, 2.45) is 17.6 Å². The molecule has 2 amide bonds. The highest BCUT2D eigenvalue weighted by Gasteiger charge is 2.26. The van der Waals surface area contributed by atoms with Crippen molar-refractivity contribution in [2.75, 3.05) is 26.4 Å². The van der Waals surface area contributed by atoms with Gasteiger partial charge in [-0.15, -0.1) is 0 Å². The molecule has 0 aliphatic heterocycles. The first-order valence-corrected chi connectivity index (χ1v) is 20.0. The minimum absolute atomic E-state index is 0.122. The molecule has 59 heavy (non-hydrogen) atoms. The summed E-state index contributed by atoms with van der Waals surface area (Å²) in [6.07, 6.45) is 1.68. The van der Waals surface area contributed by atoms with Crippen molar-refractivity contribution in [1.82, 2.24) is 10.6 Å². The van der Waals surface area contributed by atoms with Gasteiger partial charge in [0.2, 0.25) is 5.78 Å². The first-order chi connectivity index (χ1) is 28.4. The third-order valence-electron chi connectivity index (χ3n) is 9.31. The number of esters is 3. The second-order valence-electron chi connectivity index (χ2n) is 14.0. The van der Waals surface area contributed by atoms with Crippen LogP contribution in [0.4, 0.5) is 0 Å². The first kappa shape index (κ1) is 47.2. The number of amides is 2. The van der Waals surface area contributed by atoms with Crippen molar-refractivity contribution >= 4 is 35.5 Å². The van der Waals surface area contributed by atoms with E-state index in [4.69, 9.17) is 19.9 Å². The smallest absolute Gasteiger partial charge is 0.396 e. The summed E-state index contributed by atoms with van der Waals surface area (Å²) in [5.74, 6) is -4.61. The number of carbonyl (C=O) groups is 6. The van der Waals surface area contributed by atoms with Gasteiger partial charge in [0.25, 0.3) is 5.91 Å². The van der Waals surface area contributed by atoms with Gasteiger partial charge in [-0.05, 0) is 79.8 Å². The molecule has 314 valence electrons. The van der Waals surface area contributed by atoms with Crippen LogP contribution in [0.5, 0.6) is 0 Å². The molecule has 4 rings (SSSR count). The van der Waals surface area contributed by atoms with Gasteiger partial charge in [-0.3, -0.25) is 24.0 Å². The quantitative estimate of drug-likeness (QED) is 0.0575. The lowest BCUT2D eigenvalue weighted by Gasteiger charge is -2.21. The number of nitrogens with one attached hydrogen (secondary N) is 2. The molecular weight excluding hydrogens is 751 g/mol. The Bertz CT molecular complexity index is 1940. The first-order valence-electron chi connectivity index (χ1n) is 20.0. The lowest BCUT2D eigenvalue weighted by molar-refractivity contribution is -0.155. The molecule has 0 saturated carbocycles. The number of carbonyl (C=O) groups excluding carboxylic acids is 6. The molecule has 0 aromatic heterocycles. The van der Waals surface area contributed by atoms with E-state index in [1.54, 1.807) is 34.6 Å². The van der Waals surface area contributed by atoms with Crippen LogP contribution in [-0.4, -0.2) is 74.0 Å². The molecular formula is C47H57N3O9. The van der Waals surface area contributed by atoms with Gasteiger partial charge in [-0.25, -0.2) is 4.79 Å². The summed E-state index contributed by atoms with van der Waals surface area (Å²) < 4.78 is 14.9. The summed E-state index contributed by atoms with van der Waals surface area (Å²) in [5.41, 5.74) is 11.7. The van der Waals surface area contributed by atoms with Gasteiger partial charge in [0.15, 0.2) is 0 Å². The Morgan fingerprint density at radius 1 is 0.508 bits per heavy atom. The van der Waals surface area contributed by atoms with Crippen molar-refractivity contribution < 1.29 is 43.0 Å². The molecule has 0 radical (unpaired) electrons. The zero-order chi connectivity index (χ0) is 43.2. The van der Waals surface area contributed by atoms with Crippen molar-refractivity contribution in [3.8, 4) is 22.3 Å². The van der Waals surface area contributed by atoms with E-state index in [0.29, 0.717) is 38.9 Å². The van der Waals surface area contributed by atoms with Crippen LogP contribution in [0, 0.1) is 11.8 Å². The Morgan fingerprint density at radius 3 is 1.22 bits per heavy atom. The maximum absolute atomic E-state index is 12.1. The average molecular weight is 808 g/mol. The zero-order valence-electron chi connectivity index (χ0n) is 34.6. The van der Waals surface area contributed by atoms with Gasteiger partial charge in [0.1, 0.15) is 0 Å². The summed E-state index contributed by atoms with van der Waals surface area (Å²) in [5, 5.41) is 5.42. The maximum atomic E-state index is 12.1. The number of ether oxygens (including phenoxy) is 3. The highest BCUT2D eigenvalue weighted by Crippen LogP contribution is 2.22. The van der Waals surface area contributed by atoms with Gasteiger partial charge in [-0.1, -0.05) is 123 Å². The molecule has 4 atom stereocenters. The molecule has 0 bridgehead atoms. The minimum atomic E-state index is -0.925. The molecule has 0 heterocycles. The van der Waals surface area contributed by atoms with Crippen LogP contribution >= 0.6 is 0 Å². The van der Waals surface area contributed by atoms with E-state index < -0.39 is 41.4 Å². The largest absolute Gasteiger partial charge is 0.466 e. The Balaban J connectivity index is 0.000000316. The zero-order valence-corrected chi connectivity index (χ0v) is 34.6. The molecule has 12 nitrogen and oxygen atoms in total. The van der Waals surface area contributed by atoms with Crippen molar-refractivity contribution in [2.45, 2.75) is 72.4 Å². The van der Waals surface area contributed by atoms with Crippen LogP contribution in [0.25, 0.3) is 22.3 Å². The van der Waals surface area contributed by atoms with Crippen LogP contribution < -0.4 is 16.4 Å².